The van der Waals surface area contributed by atoms with Crippen LogP contribution < -0.4 is 4.74 Å². The SMILES string of the molecule is Cc1cncc(-c2ccc(O[C@H]3SC[C@@H](O)[C@H](O)[C@H]3O)cn2)c1. The third kappa shape index (κ3) is 3.64. The summed E-state index contributed by atoms with van der Waals surface area (Å²) in [7, 11) is 0. The van der Waals surface area contributed by atoms with Crippen molar-refractivity contribution in [3.8, 4) is 17.0 Å². The van der Waals surface area contributed by atoms with Crippen LogP contribution in [0.2, 0.25) is 0 Å². The van der Waals surface area contributed by atoms with Gasteiger partial charge in [0.15, 0.2) is 5.44 Å². The zero-order valence-corrected chi connectivity index (χ0v) is 13.3. The minimum Gasteiger partial charge on any atom is -0.475 e. The molecular weight excluding hydrogens is 316 g/mol. The van der Waals surface area contributed by atoms with Crippen LogP contribution in [0.3, 0.4) is 0 Å². The molecule has 6 nitrogen and oxygen atoms in total. The Morgan fingerprint density at radius 2 is 1.96 bits per heavy atom. The summed E-state index contributed by atoms with van der Waals surface area (Å²) < 4.78 is 5.66. The highest BCUT2D eigenvalue weighted by atomic mass is 32.2. The minimum absolute atomic E-state index is 0.309. The van der Waals surface area contributed by atoms with E-state index in [1.54, 1.807) is 24.7 Å². The first-order chi connectivity index (χ1) is 11.0. The number of nitrogens with zero attached hydrogens (tertiary/aromatic N) is 2. The molecule has 3 rings (SSSR count). The van der Waals surface area contributed by atoms with Gasteiger partial charge in [0.25, 0.3) is 0 Å². The Morgan fingerprint density at radius 1 is 1.13 bits per heavy atom. The van der Waals surface area contributed by atoms with Crippen LogP contribution in [0.5, 0.6) is 5.75 Å². The maximum Gasteiger partial charge on any atom is 0.173 e. The number of ether oxygens (including phenoxy) is 1. The Hall–Kier alpha value is -1.67. The molecule has 0 spiro atoms. The highest BCUT2D eigenvalue weighted by Gasteiger charge is 2.38. The summed E-state index contributed by atoms with van der Waals surface area (Å²) in [6.45, 7) is 1.97. The lowest BCUT2D eigenvalue weighted by Crippen LogP contribution is -2.50. The zero-order chi connectivity index (χ0) is 16.4. The smallest absolute Gasteiger partial charge is 0.173 e. The average molecular weight is 334 g/mol. The van der Waals surface area contributed by atoms with E-state index in [0.717, 1.165) is 16.8 Å². The number of aromatic nitrogens is 2. The lowest BCUT2D eigenvalue weighted by atomic mass is 10.1. The Labute approximate surface area is 138 Å². The number of pyridine rings is 2. The van der Waals surface area contributed by atoms with E-state index in [4.69, 9.17) is 4.74 Å². The van der Waals surface area contributed by atoms with Crippen molar-refractivity contribution in [2.45, 2.75) is 30.7 Å². The van der Waals surface area contributed by atoms with Gasteiger partial charge in [0.2, 0.25) is 0 Å². The predicted molar refractivity (Wildman–Crippen MR) is 87.1 cm³/mol. The molecule has 2 aromatic rings. The van der Waals surface area contributed by atoms with Crippen molar-refractivity contribution in [1.29, 1.82) is 0 Å². The molecule has 7 heteroatoms. The Kier molecular flexibility index (Phi) is 4.82. The van der Waals surface area contributed by atoms with E-state index >= 15 is 0 Å². The van der Waals surface area contributed by atoms with Crippen molar-refractivity contribution >= 4 is 11.8 Å². The quantitative estimate of drug-likeness (QED) is 0.770. The molecule has 2 aromatic heterocycles. The van der Waals surface area contributed by atoms with Crippen LogP contribution in [-0.2, 0) is 0 Å². The van der Waals surface area contributed by atoms with E-state index in [0.29, 0.717) is 11.5 Å². The Balaban J connectivity index is 1.70. The molecule has 23 heavy (non-hydrogen) atoms. The van der Waals surface area contributed by atoms with E-state index in [9.17, 15) is 15.3 Å². The van der Waals surface area contributed by atoms with Crippen molar-refractivity contribution in [2.24, 2.45) is 0 Å². The van der Waals surface area contributed by atoms with Crippen LogP contribution in [0.1, 0.15) is 5.56 Å². The number of hydrogen-bond acceptors (Lipinski definition) is 7. The summed E-state index contributed by atoms with van der Waals surface area (Å²) in [5, 5.41) is 29.2. The number of aliphatic hydroxyl groups excluding tert-OH is 3. The maximum absolute atomic E-state index is 9.95. The summed E-state index contributed by atoms with van der Waals surface area (Å²) in [6.07, 6.45) is 1.81. The van der Waals surface area contributed by atoms with Gasteiger partial charge < -0.3 is 20.1 Å². The average Bonchev–Trinajstić information content (AvgIpc) is 2.56. The maximum atomic E-state index is 9.95. The first-order valence-electron chi connectivity index (χ1n) is 7.25. The van der Waals surface area contributed by atoms with Crippen LogP contribution in [0.25, 0.3) is 11.3 Å². The van der Waals surface area contributed by atoms with Gasteiger partial charge >= 0.3 is 0 Å². The van der Waals surface area contributed by atoms with Gasteiger partial charge in [0, 0.05) is 23.7 Å². The van der Waals surface area contributed by atoms with E-state index in [-0.39, 0.29) is 0 Å². The van der Waals surface area contributed by atoms with Crippen LogP contribution >= 0.6 is 11.8 Å². The van der Waals surface area contributed by atoms with Crippen LogP contribution in [0.15, 0.2) is 36.8 Å². The predicted octanol–water partition coefficient (Wildman–Crippen LogP) is 0.986. The summed E-state index contributed by atoms with van der Waals surface area (Å²) >= 11 is 1.26. The zero-order valence-electron chi connectivity index (χ0n) is 12.5. The molecule has 0 saturated carbocycles. The van der Waals surface area contributed by atoms with Crippen molar-refractivity contribution in [2.75, 3.05) is 5.75 Å². The standard InChI is InChI=1S/C16H18N2O4S/c1-9-4-10(6-17-5-9)12-3-2-11(7-18-12)22-16-15(21)14(20)13(19)8-23-16/h2-7,13-16,19-21H,8H2,1H3/t13-,14+,15-,16+/m1/s1. The molecule has 4 atom stereocenters. The monoisotopic (exact) mass is 334 g/mol. The van der Waals surface area contributed by atoms with Gasteiger partial charge in [0.1, 0.15) is 18.0 Å². The van der Waals surface area contributed by atoms with Crippen molar-refractivity contribution in [3.05, 3.63) is 42.4 Å². The molecule has 0 bridgehead atoms. The Bertz CT molecular complexity index is 667. The van der Waals surface area contributed by atoms with E-state index in [1.165, 1.54) is 11.8 Å². The summed E-state index contributed by atoms with van der Waals surface area (Å²) in [6, 6.07) is 5.57. The van der Waals surface area contributed by atoms with E-state index < -0.39 is 23.7 Å². The first-order valence-corrected chi connectivity index (χ1v) is 8.30. The normalized spacial score (nSPS) is 27.7. The van der Waals surface area contributed by atoms with Crippen molar-refractivity contribution in [3.63, 3.8) is 0 Å². The van der Waals surface area contributed by atoms with Crippen LogP contribution in [0, 0.1) is 6.92 Å². The number of hydrogen-bond donors (Lipinski definition) is 3. The molecular formula is C16H18N2O4S. The largest absolute Gasteiger partial charge is 0.475 e. The summed E-state index contributed by atoms with van der Waals surface area (Å²) in [5.41, 5.74) is 2.11. The summed E-state index contributed by atoms with van der Waals surface area (Å²) in [5.74, 6) is 0.804. The third-order valence-electron chi connectivity index (χ3n) is 3.61. The molecule has 1 fully saturated rings. The number of rotatable bonds is 3. The van der Waals surface area contributed by atoms with Gasteiger partial charge in [-0.05, 0) is 30.7 Å². The van der Waals surface area contributed by atoms with Gasteiger partial charge in [-0.2, -0.15) is 0 Å². The van der Waals surface area contributed by atoms with Crippen molar-refractivity contribution in [1.82, 2.24) is 9.97 Å². The molecule has 122 valence electrons. The van der Waals surface area contributed by atoms with E-state index in [2.05, 4.69) is 9.97 Å². The molecule has 1 saturated heterocycles. The minimum atomic E-state index is -1.20. The van der Waals surface area contributed by atoms with Gasteiger partial charge in [0.05, 0.1) is 18.0 Å². The van der Waals surface area contributed by atoms with Gasteiger partial charge in [-0.15, -0.1) is 11.8 Å². The number of thioether (sulfide) groups is 1. The fraction of sp³-hybridized carbons (Fsp3) is 0.375. The topological polar surface area (TPSA) is 95.7 Å². The molecule has 1 aliphatic rings. The molecule has 0 unspecified atom stereocenters. The second kappa shape index (κ2) is 6.84. The van der Waals surface area contributed by atoms with Gasteiger partial charge in [-0.3, -0.25) is 9.97 Å². The molecule has 1 aliphatic heterocycles. The molecule has 0 aliphatic carbocycles. The molecule has 3 heterocycles. The summed E-state index contributed by atoms with van der Waals surface area (Å²) in [4.78, 5) is 8.49. The van der Waals surface area contributed by atoms with Crippen molar-refractivity contribution < 1.29 is 20.1 Å². The Morgan fingerprint density at radius 3 is 2.65 bits per heavy atom. The molecule has 0 radical (unpaired) electrons. The second-order valence-corrected chi connectivity index (χ2v) is 6.63. The van der Waals surface area contributed by atoms with Gasteiger partial charge in [-0.1, -0.05) is 0 Å². The lowest BCUT2D eigenvalue weighted by Gasteiger charge is -2.34. The fourth-order valence-electron chi connectivity index (χ4n) is 2.33. The molecule has 3 N–H and O–H groups in total. The highest BCUT2D eigenvalue weighted by molar-refractivity contribution is 7.99. The van der Waals surface area contributed by atoms with Gasteiger partial charge in [-0.25, -0.2) is 0 Å². The first kappa shape index (κ1) is 16.2. The molecule has 0 aromatic carbocycles. The third-order valence-corrected chi connectivity index (χ3v) is 4.85. The fourth-order valence-corrected chi connectivity index (χ4v) is 3.45. The van der Waals surface area contributed by atoms with Crippen LogP contribution in [0.4, 0.5) is 0 Å². The lowest BCUT2D eigenvalue weighted by molar-refractivity contribution is -0.0786. The van der Waals surface area contributed by atoms with Crippen LogP contribution in [-0.4, -0.2) is 54.8 Å². The second-order valence-electron chi connectivity index (χ2n) is 5.50. The highest BCUT2D eigenvalue weighted by Crippen LogP contribution is 2.29. The number of aliphatic hydroxyl groups is 3. The number of aryl methyl sites for hydroxylation is 1. The van der Waals surface area contributed by atoms with E-state index in [1.807, 2.05) is 19.1 Å². The molecule has 0 amide bonds.